The van der Waals surface area contributed by atoms with Gasteiger partial charge < -0.3 is 36.2 Å². The van der Waals surface area contributed by atoms with E-state index in [0.717, 1.165) is 0 Å². The van der Waals surface area contributed by atoms with Gasteiger partial charge in [-0.3, -0.25) is 9.59 Å². The number of hydrogen-bond acceptors (Lipinski definition) is 7. The predicted molar refractivity (Wildman–Crippen MR) is 71.7 cm³/mol. The SMILES string of the molecule is C=C(C)C(=O)N[C@](O)(C(=O)NCC)[C@@H](O)[C@H](O)[C@H](O)CO. The molecule has 0 rings (SSSR count). The summed E-state index contributed by atoms with van der Waals surface area (Å²) in [4.78, 5) is 23.4. The van der Waals surface area contributed by atoms with Crippen molar-refractivity contribution in [1.29, 1.82) is 0 Å². The summed E-state index contributed by atoms with van der Waals surface area (Å²) in [5.74, 6) is -2.12. The molecule has 0 unspecified atom stereocenters. The fourth-order valence-corrected chi connectivity index (χ4v) is 1.41. The molecule has 0 bridgehead atoms. The lowest BCUT2D eigenvalue weighted by Crippen LogP contribution is -2.69. The lowest BCUT2D eigenvalue weighted by Gasteiger charge is -2.35. The first kappa shape index (κ1) is 19.5. The fraction of sp³-hybridized carbons (Fsp3) is 0.667. The molecule has 0 saturated heterocycles. The van der Waals surface area contributed by atoms with Crippen LogP contribution in [0, 0.1) is 0 Å². The summed E-state index contributed by atoms with van der Waals surface area (Å²) in [6, 6.07) is 0. The zero-order valence-corrected chi connectivity index (χ0v) is 11.9. The number of hydrogen-bond donors (Lipinski definition) is 7. The van der Waals surface area contributed by atoms with Crippen molar-refractivity contribution in [3.8, 4) is 0 Å². The molecule has 9 nitrogen and oxygen atoms in total. The van der Waals surface area contributed by atoms with Crippen LogP contribution in [0.15, 0.2) is 12.2 Å². The lowest BCUT2D eigenvalue weighted by molar-refractivity contribution is -0.186. The van der Waals surface area contributed by atoms with Gasteiger partial charge in [-0.05, 0) is 13.8 Å². The average molecular weight is 306 g/mol. The van der Waals surface area contributed by atoms with E-state index < -0.39 is 42.5 Å². The van der Waals surface area contributed by atoms with Crippen LogP contribution < -0.4 is 10.6 Å². The first-order valence-corrected chi connectivity index (χ1v) is 6.25. The van der Waals surface area contributed by atoms with E-state index in [0.29, 0.717) is 0 Å². The Hall–Kier alpha value is -1.52. The highest BCUT2D eigenvalue weighted by Crippen LogP contribution is 2.15. The normalized spacial score (nSPS) is 18.0. The third-order valence-electron chi connectivity index (χ3n) is 2.71. The lowest BCUT2D eigenvalue weighted by atomic mass is 9.96. The summed E-state index contributed by atoms with van der Waals surface area (Å²) >= 11 is 0. The molecule has 122 valence electrons. The zero-order valence-electron chi connectivity index (χ0n) is 11.9. The van der Waals surface area contributed by atoms with Crippen molar-refractivity contribution >= 4 is 11.8 Å². The molecule has 4 atom stereocenters. The monoisotopic (exact) mass is 306 g/mol. The van der Waals surface area contributed by atoms with Crippen molar-refractivity contribution in [1.82, 2.24) is 10.6 Å². The summed E-state index contributed by atoms with van der Waals surface area (Å²) in [5, 5.41) is 51.8. The topological polar surface area (TPSA) is 159 Å². The largest absolute Gasteiger partial charge is 0.394 e. The van der Waals surface area contributed by atoms with Gasteiger partial charge in [-0.1, -0.05) is 6.58 Å². The van der Waals surface area contributed by atoms with Crippen molar-refractivity contribution in [2.75, 3.05) is 13.2 Å². The molecule has 0 aromatic carbocycles. The molecule has 0 aliphatic rings. The Morgan fingerprint density at radius 2 is 1.81 bits per heavy atom. The number of carbonyl (C=O) groups excluding carboxylic acids is 2. The average Bonchev–Trinajstić information content (AvgIpc) is 2.44. The Balaban J connectivity index is 5.43. The van der Waals surface area contributed by atoms with E-state index in [9.17, 15) is 30.0 Å². The number of aliphatic hydroxyl groups is 5. The molecule has 0 aromatic rings. The second-order valence-corrected chi connectivity index (χ2v) is 4.55. The highest BCUT2D eigenvalue weighted by Gasteiger charge is 2.49. The van der Waals surface area contributed by atoms with Crippen molar-refractivity contribution in [3.05, 3.63) is 12.2 Å². The minimum atomic E-state index is -2.90. The van der Waals surface area contributed by atoms with Gasteiger partial charge in [0, 0.05) is 12.1 Å². The van der Waals surface area contributed by atoms with Gasteiger partial charge in [0.05, 0.1) is 6.61 Å². The fourth-order valence-electron chi connectivity index (χ4n) is 1.41. The van der Waals surface area contributed by atoms with E-state index >= 15 is 0 Å². The Bertz CT molecular complexity index is 401. The maximum Gasteiger partial charge on any atom is 0.276 e. The van der Waals surface area contributed by atoms with E-state index in [4.69, 9.17) is 5.11 Å². The molecular formula is C12H22N2O7. The van der Waals surface area contributed by atoms with Crippen molar-refractivity contribution in [2.45, 2.75) is 37.9 Å². The Labute approximate surface area is 121 Å². The number of carbonyl (C=O) groups is 2. The summed E-state index contributed by atoms with van der Waals surface area (Å²) in [6.45, 7) is 5.31. The van der Waals surface area contributed by atoms with Crippen LogP contribution in [-0.2, 0) is 9.59 Å². The third kappa shape index (κ3) is 4.76. The molecule has 0 aromatic heterocycles. The second-order valence-electron chi connectivity index (χ2n) is 4.55. The second kappa shape index (κ2) is 8.05. The van der Waals surface area contributed by atoms with Crippen LogP contribution in [0.25, 0.3) is 0 Å². The van der Waals surface area contributed by atoms with Crippen LogP contribution >= 0.6 is 0 Å². The highest BCUT2D eigenvalue weighted by atomic mass is 16.4. The van der Waals surface area contributed by atoms with Crippen LogP contribution in [0.3, 0.4) is 0 Å². The summed E-state index contributed by atoms with van der Waals surface area (Å²) in [6.07, 6.45) is -6.18. The zero-order chi connectivity index (χ0) is 16.8. The van der Waals surface area contributed by atoms with Crippen LogP contribution in [-0.4, -0.2) is 74.5 Å². The van der Waals surface area contributed by atoms with E-state index in [1.165, 1.54) is 13.8 Å². The van der Waals surface area contributed by atoms with Crippen molar-refractivity contribution < 1.29 is 35.1 Å². The molecule has 9 heteroatoms. The molecule has 0 aliphatic heterocycles. The Morgan fingerprint density at radius 3 is 2.19 bits per heavy atom. The molecule has 7 N–H and O–H groups in total. The number of nitrogens with one attached hydrogen (secondary N) is 2. The Kier molecular flexibility index (Phi) is 7.47. The van der Waals surface area contributed by atoms with E-state index in [1.807, 2.05) is 5.32 Å². The van der Waals surface area contributed by atoms with Gasteiger partial charge in [0.25, 0.3) is 5.91 Å². The third-order valence-corrected chi connectivity index (χ3v) is 2.71. The molecule has 0 saturated carbocycles. The minimum absolute atomic E-state index is 0.0536. The molecule has 21 heavy (non-hydrogen) atoms. The van der Waals surface area contributed by atoms with E-state index in [1.54, 1.807) is 0 Å². The maximum atomic E-state index is 11.9. The highest BCUT2D eigenvalue weighted by molar-refractivity contribution is 5.97. The molecule has 0 fully saturated rings. The first-order valence-electron chi connectivity index (χ1n) is 6.25. The molecule has 0 spiro atoms. The van der Waals surface area contributed by atoms with Crippen LogP contribution in [0.2, 0.25) is 0 Å². The van der Waals surface area contributed by atoms with Gasteiger partial charge in [0.2, 0.25) is 11.6 Å². The molecule has 2 amide bonds. The maximum absolute atomic E-state index is 11.9. The van der Waals surface area contributed by atoms with Crippen molar-refractivity contribution in [2.24, 2.45) is 0 Å². The number of amides is 2. The van der Waals surface area contributed by atoms with Gasteiger partial charge in [0.15, 0.2) is 0 Å². The van der Waals surface area contributed by atoms with Crippen LogP contribution in [0.5, 0.6) is 0 Å². The van der Waals surface area contributed by atoms with Crippen LogP contribution in [0.4, 0.5) is 0 Å². The quantitative estimate of drug-likeness (QED) is 0.181. The first-order chi connectivity index (χ1) is 9.61. The van der Waals surface area contributed by atoms with E-state index in [-0.39, 0.29) is 12.1 Å². The molecule has 0 heterocycles. The summed E-state index contributed by atoms with van der Waals surface area (Å²) in [7, 11) is 0. The van der Waals surface area contributed by atoms with Gasteiger partial charge in [-0.25, -0.2) is 0 Å². The summed E-state index contributed by atoms with van der Waals surface area (Å²) < 4.78 is 0. The van der Waals surface area contributed by atoms with Gasteiger partial charge in [-0.2, -0.15) is 0 Å². The van der Waals surface area contributed by atoms with Crippen LogP contribution in [0.1, 0.15) is 13.8 Å². The van der Waals surface area contributed by atoms with Crippen molar-refractivity contribution in [3.63, 3.8) is 0 Å². The molecule has 0 aliphatic carbocycles. The number of rotatable bonds is 8. The standard InChI is InChI=1S/C12H22N2O7/c1-4-13-11(20)12(21,14-10(19)6(2)3)9(18)8(17)7(16)5-15/h7-9,15-18,21H,2,4-5H2,1,3H3,(H,13,20)(H,14,19)/t7-,8-,9+,12-/m1/s1. The van der Waals surface area contributed by atoms with E-state index in [2.05, 4.69) is 11.9 Å². The Morgan fingerprint density at radius 1 is 1.29 bits per heavy atom. The molecule has 0 radical (unpaired) electrons. The smallest absolute Gasteiger partial charge is 0.276 e. The number of likely N-dealkylation sites (N-methyl/N-ethyl adjacent to an activating group) is 1. The summed E-state index contributed by atoms with van der Waals surface area (Å²) in [5.41, 5.74) is -2.95. The molecular weight excluding hydrogens is 284 g/mol. The minimum Gasteiger partial charge on any atom is -0.394 e. The number of aliphatic hydroxyl groups excluding tert-OH is 4. The predicted octanol–water partition coefficient (Wildman–Crippen LogP) is -3.42. The van der Waals surface area contributed by atoms with Gasteiger partial charge >= 0.3 is 0 Å². The van der Waals surface area contributed by atoms with Gasteiger partial charge in [0.1, 0.15) is 18.3 Å². The van der Waals surface area contributed by atoms with Gasteiger partial charge in [-0.15, -0.1) is 0 Å².